The molecular formula is C8H13NO4S. The fourth-order valence-electron chi connectivity index (χ4n) is 2.13. The Morgan fingerprint density at radius 2 is 2.14 bits per heavy atom. The van der Waals surface area contributed by atoms with E-state index < -0.39 is 10.1 Å². The van der Waals surface area contributed by atoms with E-state index in [9.17, 15) is 8.42 Å². The number of nitrogens with zero attached hydrogens (tertiary/aromatic N) is 1. The molecule has 1 fully saturated rings. The minimum atomic E-state index is -3.97. The Balaban J connectivity index is 2.07. The summed E-state index contributed by atoms with van der Waals surface area (Å²) in [6, 6.07) is 0. The molecule has 2 atom stereocenters. The summed E-state index contributed by atoms with van der Waals surface area (Å²) in [5.41, 5.74) is 0.484. The fourth-order valence-corrected chi connectivity index (χ4v) is 2.77. The second-order valence-electron chi connectivity index (χ2n) is 3.84. The SMILES string of the molecule is O=S(=O)(O)CC1=NOC2CCCCC12. The molecule has 0 spiro atoms. The van der Waals surface area contributed by atoms with Gasteiger partial charge in [0.25, 0.3) is 10.1 Å². The molecule has 0 aromatic carbocycles. The fraction of sp³-hybridized carbons (Fsp3) is 0.875. The zero-order valence-corrected chi connectivity index (χ0v) is 8.53. The molecule has 1 aliphatic heterocycles. The highest BCUT2D eigenvalue weighted by atomic mass is 32.2. The van der Waals surface area contributed by atoms with Crippen LogP contribution in [0.3, 0.4) is 0 Å². The van der Waals surface area contributed by atoms with Gasteiger partial charge in [-0.25, -0.2) is 0 Å². The normalized spacial score (nSPS) is 31.9. The highest BCUT2D eigenvalue weighted by Crippen LogP contribution is 2.32. The van der Waals surface area contributed by atoms with Crippen LogP contribution in [0.5, 0.6) is 0 Å². The molecule has 1 N–H and O–H groups in total. The third-order valence-electron chi connectivity index (χ3n) is 2.77. The zero-order chi connectivity index (χ0) is 10.2. The summed E-state index contributed by atoms with van der Waals surface area (Å²) in [6.07, 6.45) is 4.08. The van der Waals surface area contributed by atoms with Crippen LogP contribution in [-0.2, 0) is 15.0 Å². The van der Waals surface area contributed by atoms with Gasteiger partial charge in [-0.05, 0) is 19.3 Å². The number of fused-ring (bicyclic) bond motifs is 1. The number of hydrogen-bond donors (Lipinski definition) is 1. The quantitative estimate of drug-likeness (QED) is 0.697. The third kappa shape index (κ3) is 2.06. The number of oxime groups is 1. The molecule has 0 aromatic heterocycles. The second kappa shape index (κ2) is 3.51. The Kier molecular flexibility index (Phi) is 2.48. The van der Waals surface area contributed by atoms with Crippen LogP contribution < -0.4 is 0 Å². The molecule has 1 heterocycles. The highest BCUT2D eigenvalue weighted by molar-refractivity contribution is 7.86. The van der Waals surface area contributed by atoms with Gasteiger partial charge in [0, 0.05) is 5.92 Å². The van der Waals surface area contributed by atoms with Crippen LogP contribution in [0.1, 0.15) is 25.7 Å². The molecule has 2 aliphatic rings. The van der Waals surface area contributed by atoms with Gasteiger partial charge in [0.1, 0.15) is 11.9 Å². The number of hydrogen-bond acceptors (Lipinski definition) is 4. The van der Waals surface area contributed by atoms with Crippen molar-refractivity contribution in [3.63, 3.8) is 0 Å². The molecule has 80 valence electrons. The van der Waals surface area contributed by atoms with Crippen molar-refractivity contribution in [1.29, 1.82) is 0 Å². The predicted octanol–water partition coefficient (Wildman–Crippen LogP) is 0.819. The molecule has 1 saturated carbocycles. The average Bonchev–Trinajstić information content (AvgIpc) is 2.47. The molecule has 2 rings (SSSR count). The van der Waals surface area contributed by atoms with Crippen LogP contribution in [0.15, 0.2) is 5.16 Å². The van der Waals surface area contributed by atoms with Gasteiger partial charge in [-0.2, -0.15) is 8.42 Å². The van der Waals surface area contributed by atoms with Crippen molar-refractivity contribution in [3.05, 3.63) is 0 Å². The first-order chi connectivity index (χ1) is 6.56. The summed E-state index contributed by atoms with van der Waals surface area (Å²) >= 11 is 0. The second-order valence-corrected chi connectivity index (χ2v) is 5.30. The summed E-state index contributed by atoms with van der Waals surface area (Å²) in [4.78, 5) is 5.13. The van der Waals surface area contributed by atoms with E-state index in [0.29, 0.717) is 5.71 Å². The monoisotopic (exact) mass is 219 g/mol. The van der Waals surface area contributed by atoms with E-state index >= 15 is 0 Å². The van der Waals surface area contributed by atoms with E-state index in [4.69, 9.17) is 9.39 Å². The van der Waals surface area contributed by atoms with Crippen LogP contribution in [0.25, 0.3) is 0 Å². The highest BCUT2D eigenvalue weighted by Gasteiger charge is 2.37. The maximum Gasteiger partial charge on any atom is 0.270 e. The van der Waals surface area contributed by atoms with Gasteiger partial charge in [-0.3, -0.25) is 4.55 Å². The summed E-state index contributed by atoms with van der Waals surface area (Å²) in [5, 5.41) is 3.74. The first-order valence-corrected chi connectivity index (χ1v) is 6.35. The lowest BCUT2D eigenvalue weighted by molar-refractivity contribution is 0.0397. The average molecular weight is 219 g/mol. The molecular weight excluding hydrogens is 206 g/mol. The third-order valence-corrected chi connectivity index (χ3v) is 3.43. The van der Waals surface area contributed by atoms with Crippen molar-refractivity contribution in [2.75, 3.05) is 5.75 Å². The van der Waals surface area contributed by atoms with E-state index in [1.807, 2.05) is 0 Å². The Morgan fingerprint density at radius 1 is 1.43 bits per heavy atom. The molecule has 2 unspecified atom stereocenters. The van der Waals surface area contributed by atoms with Crippen LogP contribution in [0.4, 0.5) is 0 Å². The van der Waals surface area contributed by atoms with E-state index in [1.165, 1.54) is 0 Å². The zero-order valence-electron chi connectivity index (χ0n) is 7.72. The summed E-state index contributed by atoms with van der Waals surface area (Å²) in [7, 11) is -3.97. The van der Waals surface area contributed by atoms with Crippen molar-refractivity contribution in [2.24, 2.45) is 11.1 Å². The molecule has 6 heteroatoms. The van der Waals surface area contributed by atoms with Gasteiger partial charge in [-0.15, -0.1) is 0 Å². The van der Waals surface area contributed by atoms with E-state index in [0.717, 1.165) is 25.7 Å². The first-order valence-electron chi connectivity index (χ1n) is 4.74. The standard InChI is InChI=1S/C8H13NO4S/c10-14(11,12)5-7-6-3-1-2-4-8(6)13-9-7/h6,8H,1-5H2,(H,10,11,12). The Hall–Kier alpha value is -0.620. The van der Waals surface area contributed by atoms with Crippen LogP contribution in [0, 0.1) is 5.92 Å². The van der Waals surface area contributed by atoms with Gasteiger partial charge in [0.2, 0.25) is 0 Å². The van der Waals surface area contributed by atoms with Gasteiger partial charge in [0.15, 0.2) is 0 Å². The lowest BCUT2D eigenvalue weighted by Gasteiger charge is -2.22. The van der Waals surface area contributed by atoms with Gasteiger partial charge >= 0.3 is 0 Å². The Bertz CT molecular complexity index is 348. The van der Waals surface area contributed by atoms with Crippen LogP contribution in [0.2, 0.25) is 0 Å². The van der Waals surface area contributed by atoms with Crippen molar-refractivity contribution in [1.82, 2.24) is 0 Å². The molecule has 0 aromatic rings. The van der Waals surface area contributed by atoms with Crippen LogP contribution >= 0.6 is 0 Å². The molecule has 0 saturated heterocycles. The maximum absolute atomic E-state index is 10.7. The molecule has 1 aliphatic carbocycles. The largest absolute Gasteiger partial charge is 0.392 e. The molecule has 5 nitrogen and oxygen atoms in total. The Morgan fingerprint density at radius 3 is 2.86 bits per heavy atom. The van der Waals surface area contributed by atoms with Crippen molar-refractivity contribution < 1.29 is 17.8 Å². The molecule has 0 radical (unpaired) electrons. The van der Waals surface area contributed by atoms with Gasteiger partial charge < -0.3 is 4.84 Å². The van der Waals surface area contributed by atoms with E-state index in [-0.39, 0.29) is 17.8 Å². The molecule has 14 heavy (non-hydrogen) atoms. The lowest BCUT2D eigenvalue weighted by Crippen LogP contribution is -2.30. The van der Waals surface area contributed by atoms with E-state index in [1.54, 1.807) is 0 Å². The number of rotatable bonds is 2. The minimum Gasteiger partial charge on any atom is -0.392 e. The summed E-state index contributed by atoms with van der Waals surface area (Å²) in [6.45, 7) is 0. The van der Waals surface area contributed by atoms with Crippen LogP contribution in [-0.4, -0.2) is 30.5 Å². The van der Waals surface area contributed by atoms with Gasteiger partial charge in [0.05, 0.1) is 5.71 Å². The van der Waals surface area contributed by atoms with Crippen molar-refractivity contribution >= 4 is 15.8 Å². The predicted molar refractivity (Wildman–Crippen MR) is 50.7 cm³/mol. The summed E-state index contributed by atoms with van der Waals surface area (Å²) < 4.78 is 30.1. The smallest absolute Gasteiger partial charge is 0.270 e. The first kappa shape index (κ1) is 9.92. The van der Waals surface area contributed by atoms with Gasteiger partial charge in [-0.1, -0.05) is 11.6 Å². The summed E-state index contributed by atoms with van der Waals surface area (Å²) in [5.74, 6) is -0.278. The van der Waals surface area contributed by atoms with Crippen molar-refractivity contribution in [3.8, 4) is 0 Å². The molecule has 0 amide bonds. The van der Waals surface area contributed by atoms with E-state index in [2.05, 4.69) is 5.16 Å². The Labute approximate surface area is 82.9 Å². The van der Waals surface area contributed by atoms with Crippen molar-refractivity contribution in [2.45, 2.75) is 31.8 Å². The minimum absolute atomic E-state index is 0.0421. The lowest BCUT2D eigenvalue weighted by atomic mass is 9.84. The maximum atomic E-state index is 10.7. The topological polar surface area (TPSA) is 76.0 Å². The molecule has 0 bridgehead atoms.